The van der Waals surface area contributed by atoms with Crippen LogP contribution >= 0.6 is 15.9 Å². The second-order valence-corrected chi connectivity index (χ2v) is 6.24. The van der Waals surface area contributed by atoms with Crippen molar-refractivity contribution >= 4 is 27.5 Å². The number of anilines is 1. The normalized spacial score (nSPS) is 22.3. The van der Waals surface area contributed by atoms with E-state index in [0.29, 0.717) is 16.5 Å². The van der Waals surface area contributed by atoms with Crippen molar-refractivity contribution in [2.75, 3.05) is 4.90 Å². The van der Waals surface area contributed by atoms with Gasteiger partial charge in [-0.05, 0) is 54.6 Å². The Labute approximate surface area is 119 Å². The lowest BCUT2D eigenvalue weighted by Crippen LogP contribution is -2.43. The van der Waals surface area contributed by atoms with Gasteiger partial charge < -0.3 is 10.0 Å². The lowest BCUT2D eigenvalue weighted by atomic mass is 9.95. The molecule has 3 nitrogen and oxygen atoms in total. The van der Waals surface area contributed by atoms with Crippen molar-refractivity contribution in [2.45, 2.75) is 38.6 Å². The summed E-state index contributed by atoms with van der Waals surface area (Å²) in [7, 11) is 0. The molecular formula is C14H15BrFNO2. The zero-order valence-electron chi connectivity index (χ0n) is 10.6. The number of nitrogens with zero attached hydrogens (tertiary/aromatic N) is 1. The molecule has 0 bridgehead atoms. The number of carbonyl (C=O) groups is 1. The summed E-state index contributed by atoms with van der Waals surface area (Å²) < 4.78 is 14.6. The van der Waals surface area contributed by atoms with E-state index in [1.807, 2.05) is 6.92 Å². The summed E-state index contributed by atoms with van der Waals surface area (Å²) in [5.41, 5.74) is 0.815. The molecule has 1 saturated carbocycles. The van der Waals surface area contributed by atoms with Gasteiger partial charge in [0.15, 0.2) is 0 Å². The summed E-state index contributed by atoms with van der Waals surface area (Å²) >= 11 is 3.15. The van der Waals surface area contributed by atoms with E-state index in [0.717, 1.165) is 19.3 Å². The number of amides is 1. The number of rotatable bonds is 1. The van der Waals surface area contributed by atoms with Crippen molar-refractivity contribution < 1.29 is 14.3 Å². The lowest BCUT2D eigenvalue weighted by Gasteiger charge is -2.36. The van der Waals surface area contributed by atoms with Gasteiger partial charge in [0.2, 0.25) is 5.91 Å². The van der Waals surface area contributed by atoms with Crippen LogP contribution in [0.15, 0.2) is 10.5 Å². The Kier molecular flexibility index (Phi) is 3.04. The molecule has 0 aromatic heterocycles. The van der Waals surface area contributed by atoms with Crippen molar-refractivity contribution in [3.05, 3.63) is 21.9 Å². The van der Waals surface area contributed by atoms with E-state index < -0.39 is 5.82 Å². The third kappa shape index (κ3) is 2.04. The number of benzene rings is 1. The van der Waals surface area contributed by atoms with Crippen molar-refractivity contribution in [2.24, 2.45) is 5.92 Å². The van der Waals surface area contributed by atoms with Gasteiger partial charge in [0.1, 0.15) is 11.6 Å². The Balaban J connectivity index is 2.13. The van der Waals surface area contributed by atoms with Gasteiger partial charge in [-0.1, -0.05) is 0 Å². The van der Waals surface area contributed by atoms with E-state index in [2.05, 4.69) is 15.9 Å². The monoisotopic (exact) mass is 327 g/mol. The third-order valence-electron chi connectivity index (χ3n) is 3.94. The molecule has 3 rings (SSSR count). The highest BCUT2D eigenvalue weighted by atomic mass is 79.9. The number of carbonyl (C=O) groups excluding carboxylic acids is 1. The maximum absolute atomic E-state index is 14.2. The molecule has 1 atom stereocenters. The fraction of sp³-hybridized carbons (Fsp3) is 0.500. The average Bonchev–Trinajstić information content (AvgIpc) is 3.19. The summed E-state index contributed by atoms with van der Waals surface area (Å²) in [6, 6.07) is 1.22. The van der Waals surface area contributed by atoms with E-state index >= 15 is 0 Å². The Bertz CT molecular complexity index is 557. The van der Waals surface area contributed by atoms with Gasteiger partial charge in [0, 0.05) is 17.5 Å². The quantitative estimate of drug-likeness (QED) is 0.859. The number of phenolic OH excluding ortho intramolecular Hbond substituents is 1. The molecule has 0 spiro atoms. The first-order valence-corrected chi connectivity index (χ1v) is 7.33. The predicted molar refractivity (Wildman–Crippen MR) is 73.8 cm³/mol. The molecule has 1 aliphatic heterocycles. The Hall–Kier alpha value is -1.10. The fourth-order valence-electron chi connectivity index (χ4n) is 2.70. The molecule has 1 amide bonds. The van der Waals surface area contributed by atoms with Crippen molar-refractivity contribution in [1.82, 2.24) is 0 Å². The standard InChI is InChI=1S/C14H15BrFNO2/c1-7-2-5-9-12(11(16)6-10(15)13(9)18)17(7)14(19)8-3-4-8/h6-8,18H,2-5H2,1H3. The summed E-state index contributed by atoms with van der Waals surface area (Å²) in [5, 5.41) is 10.1. The molecule has 0 saturated heterocycles. The molecule has 1 aliphatic carbocycles. The first-order chi connectivity index (χ1) is 9.00. The fourth-order valence-corrected chi connectivity index (χ4v) is 3.14. The van der Waals surface area contributed by atoms with Crippen LogP contribution in [0, 0.1) is 11.7 Å². The molecule has 1 aromatic carbocycles. The Morgan fingerprint density at radius 3 is 2.79 bits per heavy atom. The molecule has 1 unspecified atom stereocenters. The molecule has 19 heavy (non-hydrogen) atoms. The van der Waals surface area contributed by atoms with Crippen LogP contribution in [0.1, 0.15) is 31.7 Å². The first-order valence-electron chi connectivity index (χ1n) is 6.53. The van der Waals surface area contributed by atoms with Crippen LogP contribution in [-0.2, 0) is 11.2 Å². The molecule has 2 aliphatic rings. The van der Waals surface area contributed by atoms with Crippen LogP contribution in [0.5, 0.6) is 5.75 Å². The van der Waals surface area contributed by atoms with Gasteiger partial charge in [-0.2, -0.15) is 0 Å². The minimum absolute atomic E-state index is 0.00549. The highest BCUT2D eigenvalue weighted by molar-refractivity contribution is 9.10. The molecule has 1 aromatic rings. The van der Waals surface area contributed by atoms with E-state index in [4.69, 9.17) is 0 Å². The van der Waals surface area contributed by atoms with Crippen LogP contribution < -0.4 is 4.90 Å². The van der Waals surface area contributed by atoms with E-state index in [1.165, 1.54) is 6.07 Å². The number of hydrogen-bond donors (Lipinski definition) is 1. The largest absolute Gasteiger partial charge is 0.506 e. The summed E-state index contributed by atoms with van der Waals surface area (Å²) in [6.45, 7) is 1.93. The molecule has 1 heterocycles. The van der Waals surface area contributed by atoms with Gasteiger partial charge in [-0.15, -0.1) is 0 Å². The second-order valence-electron chi connectivity index (χ2n) is 5.39. The number of fused-ring (bicyclic) bond motifs is 1. The van der Waals surface area contributed by atoms with Gasteiger partial charge in [-0.3, -0.25) is 4.79 Å². The van der Waals surface area contributed by atoms with Crippen LogP contribution in [-0.4, -0.2) is 17.1 Å². The zero-order valence-corrected chi connectivity index (χ0v) is 12.2. The maximum Gasteiger partial charge on any atom is 0.230 e. The van der Waals surface area contributed by atoms with Crippen molar-refractivity contribution in [1.29, 1.82) is 0 Å². The predicted octanol–water partition coefficient (Wildman–Crippen LogP) is 3.37. The molecule has 0 radical (unpaired) electrons. The summed E-state index contributed by atoms with van der Waals surface area (Å²) in [5.74, 6) is -0.357. The maximum atomic E-state index is 14.2. The Morgan fingerprint density at radius 2 is 2.16 bits per heavy atom. The van der Waals surface area contributed by atoms with Crippen LogP contribution in [0.4, 0.5) is 10.1 Å². The highest BCUT2D eigenvalue weighted by Crippen LogP contribution is 2.44. The van der Waals surface area contributed by atoms with Gasteiger partial charge in [0.25, 0.3) is 0 Å². The lowest BCUT2D eigenvalue weighted by molar-refractivity contribution is -0.120. The SMILES string of the molecule is CC1CCc2c(O)c(Br)cc(F)c2N1C(=O)C1CC1. The number of aromatic hydroxyl groups is 1. The minimum Gasteiger partial charge on any atom is -0.506 e. The van der Waals surface area contributed by atoms with Crippen LogP contribution in [0.25, 0.3) is 0 Å². The van der Waals surface area contributed by atoms with E-state index in [-0.39, 0.29) is 29.3 Å². The topological polar surface area (TPSA) is 40.5 Å². The summed E-state index contributed by atoms with van der Waals surface area (Å²) in [6.07, 6.45) is 3.12. The summed E-state index contributed by atoms with van der Waals surface area (Å²) in [4.78, 5) is 13.9. The van der Waals surface area contributed by atoms with E-state index in [1.54, 1.807) is 4.90 Å². The molecule has 1 N–H and O–H groups in total. The third-order valence-corrected chi connectivity index (χ3v) is 4.54. The van der Waals surface area contributed by atoms with Crippen molar-refractivity contribution in [3.63, 3.8) is 0 Å². The number of halogens is 2. The van der Waals surface area contributed by atoms with Crippen LogP contribution in [0.2, 0.25) is 0 Å². The van der Waals surface area contributed by atoms with Gasteiger partial charge in [0.05, 0.1) is 10.2 Å². The van der Waals surface area contributed by atoms with Crippen molar-refractivity contribution in [3.8, 4) is 5.75 Å². The zero-order chi connectivity index (χ0) is 13.7. The molecule has 5 heteroatoms. The molecular weight excluding hydrogens is 313 g/mol. The van der Waals surface area contributed by atoms with Gasteiger partial charge >= 0.3 is 0 Å². The second kappa shape index (κ2) is 4.47. The minimum atomic E-state index is -0.444. The molecule has 1 fully saturated rings. The first kappa shape index (κ1) is 12.9. The van der Waals surface area contributed by atoms with Crippen LogP contribution in [0.3, 0.4) is 0 Å². The smallest absolute Gasteiger partial charge is 0.230 e. The van der Waals surface area contributed by atoms with Gasteiger partial charge in [-0.25, -0.2) is 4.39 Å². The number of hydrogen-bond acceptors (Lipinski definition) is 2. The highest BCUT2D eigenvalue weighted by Gasteiger charge is 2.40. The number of phenols is 1. The Morgan fingerprint density at radius 1 is 1.47 bits per heavy atom. The molecule has 102 valence electrons. The van der Waals surface area contributed by atoms with E-state index in [9.17, 15) is 14.3 Å². The average molecular weight is 328 g/mol.